The quantitative estimate of drug-likeness (QED) is 0.157. The Morgan fingerprint density at radius 2 is 0.769 bits per heavy atom. The molecule has 13 rings (SSSR count). The lowest BCUT2D eigenvalue weighted by Crippen LogP contribution is -2.00. The van der Waals surface area contributed by atoms with E-state index >= 15 is 0 Å². The lowest BCUT2D eigenvalue weighted by molar-refractivity contribution is 1.07. The first-order valence-electron chi connectivity index (χ1n) is 22.1. The molecule has 0 aliphatic rings. The monoisotopic (exact) mass is 826 g/mol. The van der Waals surface area contributed by atoms with Crippen molar-refractivity contribution in [2.24, 2.45) is 0 Å². The number of hydrogen-bond acceptors (Lipinski definition) is 3. The van der Waals surface area contributed by atoms with Gasteiger partial charge in [0.2, 0.25) is 0 Å². The van der Waals surface area contributed by atoms with Gasteiger partial charge in [0.05, 0.1) is 11.0 Å². The fourth-order valence-electron chi connectivity index (χ4n) is 9.91. The van der Waals surface area contributed by atoms with E-state index in [4.69, 9.17) is 15.0 Å². The Hall–Kier alpha value is -8.73. The number of aromatic nitrogens is 4. The van der Waals surface area contributed by atoms with Crippen LogP contribution in [0.15, 0.2) is 231 Å². The van der Waals surface area contributed by atoms with E-state index in [9.17, 15) is 0 Å². The van der Waals surface area contributed by atoms with Gasteiger partial charge in [0, 0.05) is 33.2 Å². The van der Waals surface area contributed by atoms with Gasteiger partial charge in [-0.2, -0.15) is 0 Å². The van der Waals surface area contributed by atoms with Crippen molar-refractivity contribution in [2.75, 3.05) is 0 Å². The van der Waals surface area contributed by atoms with E-state index in [2.05, 4.69) is 174 Å². The van der Waals surface area contributed by atoms with E-state index in [1.54, 1.807) is 0 Å². The molecule has 0 atom stereocenters. The van der Waals surface area contributed by atoms with Crippen molar-refractivity contribution in [3.63, 3.8) is 0 Å². The van der Waals surface area contributed by atoms with Gasteiger partial charge in [-0.25, -0.2) is 15.0 Å². The number of para-hydroxylation sites is 1. The molecule has 4 nitrogen and oxygen atoms in total. The molecule has 302 valence electrons. The highest BCUT2D eigenvalue weighted by atomic mass is 15.0. The molecule has 0 N–H and O–H groups in total. The summed E-state index contributed by atoms with van der Waals surface area (Å²) in [4.78, 5) is 14.8. The molecule has 4 heteroatoms. The Morgan fingerprint density at radius 1 is 0.262 bits per heavy atom. The second-order valence-electron chi connectivity index (χ2n) is 16.8. The molecule has 0 bridgehead atoms. The van der Waals surface area contributed by atoms with Crippen molar-refractivity contribution in [3.05, 3.63) is 231 Å². The van der Waals surface area contributed by atoms with Crippen LogP contribution in [0.25, 0.3) is 127 Å². The molecule has 2 aromatic heterocycles. The van der Waals surface area contributed by atoms with Crippen LogP contribution in [0.4, 0.5) is 0 Å². The van der Waals surface area contributed by atoms with E-state index in [-0.39, 0.29) is 0 Å². The van der Waals surface area contributed by atoms with Crippen LogP contribution in [0.1, 0.15) is 0 Å². The zero-order chi connectivity index (χ0) is 42.8. The van der Waals surface area contributed by atoms with Gasteiger partial charge in [-0.3, -0.25) is 0 Å². The highest BCUT2D eigenvalue weighted by Crippen LogP contribution is 2.43. The summed E-state index contributed by atoms with van der Waals surface area (Å²) in [5.41, 5.74) is 11.1. The number of fused-ring (bicyclic) bond motifs is 10. The zero-order valence-electron chi connectivity index (χ0n) is 35.2. The van der Waals surface area contributed by atoms with Crippen LogP contribution < -0.4 is 0 Å². The molecule has 65 heavy (non-hydrogen) atoms. The molecule has 0 amide bonds. The average molecular weight is 827 g/mol. The molecule has 13 aromatic rings. The van der Waals surface area contributed by atoms with Gasteiger partial charge in [-0.15, -0.1) is 0 Å². The minimum absolute atomic E-state index is 0.643. The maximum atomic E-state index is 4.97. The molecule has 0 radical (unpaired) electrons. The summed E-state index contributed by atoms with van der Waals surface area (Å²) in [5, 5.41) is 12.4. The van der Waals surface area contributed by atoms with Crippen LogP contribution >= 0.6 is 0 Å². The molecule has 2 heterocycles. The highest BCUT2D eigenvalue weighted by molar-refractivity contribution is 6.29. The van der Waals surface area contributed by atoms with Gasteiger partial charge >= 0.3 is 0 Å². The van der Waals surface area contributed by atoms with E-state index in [0.29, 0.717) is 17.5 Å². The Balaban J connectivity index is 0.937. The molecule has 0 fully saturated rings. The van der Waals surface area contributed by atoms with E-state index < -0.39 is 0 Å². The maximum Gasteiger partial charge on any atom is 0.164 e. The molecule has 11 aromatic carbocycles. The van der Waals surface area contributed by atoms with Crippen molar-refractivity contribution in [1.82, 2.24) is 19.5 Å². The summed E-state index contributed by atoms with van der Waals surface area (Å²) in [7, 11) is 0. The highest BCUT2D eigenvalue weighted by Gasteiger charge is 2.18. The van der Waals surface area contributed by atoms with E-state index in [1.165, 1.54) is 76.0 Å². The Morgan fingerprint density at radius 3 is 1.49 bits per heavy atom. The summed E-state index contributed by atoms with van der Waals surface area (Å²) in [6, 6.07) is 82.6. The summed E-state index contributed by atoms with van der Waals surface area (Å²) in [6.07, 6.45) is 0. The second-order valence-corrected chi connectivity index (χ2v) is 16.8. The number of rotatable bonds is 6. The fraction of sp³-hybridized carbons (Fsp3) is 0. The van der Waals surface area contributed by atoms with Crippen molar-refractivity contribution < 1.29 is 0 Å². The van der Waals surface area contributed by atoms with Crippen LogP contribution in [0.3, 0.4) is 0 Å². The molecule has 0 spiro atoms. The number of benzene rings is 11. The first kappa shape index (κ1) is 36.9. The van der Waals surface area contributed by atoms with Gasteiger partial charge in [0.1, 0.15) is 0 Å². The molecular weight excluding hydrogens is 789 g/mol. The largest absolute Gasteiger partial charge is 0.309 e. The van der Waals surface area contributed by atoms with Gasteiger partial charge < -0.3 is 4.57 Å². The first-order valence-corrected chi connectivity index (χ1v) is 22.1. The third-order valence-electron chi connectivity index (χ3n) is 13.0. The van der Waals surface area contributed by atoms with Crippen LogP contribution in [-0.4, -0.2) is 19.5 Å². The maximum absolute atomic E-state index is 4.97. The van der Waals surface area contributed by atoms with Gasteiger partial charge in [0.15, 0.2) is 17.5 Å². The van der Waals surface area contributed by atoms with E-state index in [0.717, 1.165) is 33.5 Å². The number of nitrogens with zero attached hydrogens (tertiary/aromatic N) is 4. The van der Waals surface area contributed by atoms with Crippen LogP contribution in [0.2, 0.25) is 0 Å². The Kier molecular flexibility index (Phi) is 8.50. The standard InChI is InChI=1S/C61H38N4/c1-3-15-41(16-4-1)59-62-60(42-17-5-2-6-18-42)64-61(63-59)43-28-26-40(27-29-43)45-31-34-53-54(37-45)50-21-10-9-20-49(50)52-24-13-23-48(58(52)53)46-32-35-57-55(38-46)51-22-11-12-25-56(51)65(57)47-33-30-39-14-7-8-19-44(39)36-47/h1-38H. The van der Waals surface area contributed by atoms with Crippen molar-refractivity contribution in [3.8, 4) is 62.1 Å². The zero-order valence-corrected chi connectivity index (χ0v) is 35.2. The predicted molar refractivity (Wildman–Crippen MR) is 271 cm³/mol. The van der Waals surface area contributed by atoms with Crippen LogP contribution in [0, 0.1) is 0 Å². The normalized spacial score (nSPS) is 11.7. The predicted octanol–water partition coefficient (Wildman–Crippen LogP) is 15.9. The minimum atomic E-state index is 0.643. The third-order valence-corrected chi connectivity index (χ3v) is 13.0. The summed E-state index contributed by atoms with van der Waals surface area (Å²) < 4.78 is 2.41. The van der Waals surface area contributed by atoms with E-state index in [1.807, 2.05) is 60.7 Å². The molecule has 0 saturated heterocycles. The Labute approximate surface area is 375 Å². The topological polar surface area (TPSA) is 43.6 Å². The lowest BCUT2D eigenvalue weighted by Gasteiger charge is -2.16. The SMILES string of the molecule is c1ccc(-c2nc(-c3ccccc3)nc(-c3ccc(-c4ccc5c(c4)c4ccccc4c4cccc(-c6ccc7c(c6)c6ccccc6n7-c6ccc7ccccc7c6)c45)cc3)n2)cc1. The van der Waals surface area contributed by atoms with Crippen molar-refractivity contribution in [2.45, 2.75) is 0 Å². The molecule has 0 aliphatic carbocycles. The summed E-state index contributed by atoms with van der Waals surface area (Å²) >= 11 is 0. The first-order chi connectivity index (χ1) is 32.2. The second kappa shape index (κ2) is 15.0. The smallest absolute Gasteiger partial charge is 0.164 e. The number of hydrogen-bond donors (Lipinski definition) is 0. The average Bonchev–Trinajstić information content (AvgIpc) is 3.72. The summed E-state index contributed by atoms with van der Waals surface area (Å²) in [6.45, 7) is 0. The minimum Gasteiger partial charge on any atom is -0.309 e. The van der Waals surface area contributed by atoms with Crippen molar-refractivity contribution >= 4 is 64.9 Å². The van der Waals surface area contributed by atoms with Crippen LogP contribution in [-0.2, 0) is 0 Å². The van der Waals surface area contributed by atoms with Gasteiger partial charge in [-0.05, 0) is 102 Å². The van der Waals surface area contributed by atoms with Crippen LogP contribution in [0.5, 0.6) is 0 Å². The molecule has 0 aliphatic heterocycles. The summed E-state index contributed by atoms with van der Waals surface area (Å²) in [5.74, 6) is 1.95. The Bertz CT molecular complexity index is 3930. The third kappa shape index (κ3) is 6.18. The van der Waals surface area contributed by atoms with Gasteiger partial charge in [-0.1, -0.05) is 194 Å². The van der Waals surface area contributed by atoms with Gasteiger partial charge in [0.25, 0.3) is 0 Å². The molecular formula is C61H38N4. The van der Waals surface area contributed by atoms with Crippen molar-refractivity contribution in [1.29, 1.82) is 0 Å². The fourth-order valence-corrected chi connectivity index (χ4v) is 9.91. The molecule has 0 saturated carbocycles. The lowest BCUT2D eigenvalue weighted by atomic mass is 9.88. The molecule has 0 unspecified atom stereocenters.